The first-order chi connectivity index (χ1) is 8.89. The highest BCUT2D eigenvalue weighted by Crippen LogP contribution is 2.33. The first-order valence-electron chi connectivity index (χ1n) is 6.05. The molecule has 0 saturated carbocycles. The molecule has 1 aromatic rings. The van der Waals surface area contributed by atoms with Crippen LogP contribution >= 0.6 is 0 Å². The van der Waals surface area contributed by atoms with Crippen LogP contribution in [0.5, 0.6) is 0 Å². The maximum Gasteiger partial charge on any atom is 0.324 e. The van der Waals surface area contributed by atoms with Crippen LogP contribution < -0.4 is 0 Å². The molecule has 0 radical (unpaired) electrons. The van der Waals surface area contributed by atoms with E-state index >= 15 is 0 Å². The summed E-state index contributed by atoms with van der Waals surface area (Å²) in [6.45, 7) is 1.68. The van der Waals surface area contributed by atoms with E-state index in [2.05, 4.69) is 4.98 Å². The Labute approximate surface area is 112 Å². The van der Waals surface area contributed by atoms with Crippen molar-refractivity contribution in [3.05, 3.63) is 24.5 Å². The predicted octanol–water partition coefficient (Wildman–Crippen LogP) is 1.10. The third kappa shape index (κ3) is 2.35. The molecular formula is C12H16N2O4S. The number of hydrogen-bond acceptors (Lipinski definition) is 4. The maximum atomic E-state index is 12.5. The number of rotatable bonds is 3. The first-order valence-corrected chi connectivity index (χ1v) is 7.49. The van der Waals surface area contributed by atoms with Gasteiger partial charge in [-0.2, -0.15) is 4.31 Å². The molecule has 1 aromatic heterocycles. The summed E-state index contributed by atoms with van der Waals surface area (Å²) >= 11 is 0. The maximum absolute atomic E-state index is 12.5. The molecule has 1 unspecified atom stereocenters. The Morgan fingerprint density at radius 2 is 2.21 bits per heavy atom. The van der Waals surface area contributed by atoms with E-state index in [1.165, 1.54) is 31.5 Å². The van der Waals surface area contributed by atoms with Crippen LogP contribution in [-0.4, -0.2) is 40.9 Å². The van der Waals surface area contributed by atoms with Crippen molar-refractivity contribution in [3.63, 3.8) is 0 Å². The van der Waals surface area contributed by atoms with E-state index in [0.717, 1.165) is 4.31 Å². The van der Waals surface area contributed by atoms with Crippen molar-refractivity contribution >= 4 is 16.0 Å². The van der Waals surface area contributed by atoms with E-state index in [1.54, 1.807) is 0 Å². The lowest BCUT2D eigenvalue weighted by Crippen LogP contribution is -2.57. The highest BCUT2D eigenvalue weighted by molar-refractivity contribution is 7.89. The Morgan fingerprint density at radius 3 is 2.79 bits per heavy atom. The van der Waals surface area contributed by atoms with Crippen molar-refractivity contribution in [2.75, 3.05) is 6.54 Å². The number of aliphatic carboxylic acids is 1. The summed E-state index contributed by atoms with van der Waals surface area (Å²) in [5, 5.41) is 9.36. The summed E-state index contributed by atoms with van der Waals surface area (Å²) in [6, 6.07) is 2.95. The monoisotopic (exact) mass is 284 g/mol. The molecule has 7 heteroatoms. The van der Waals surface area contributed by atoms with Gasteiger partial charge in [0, 0.05) is 18.9 Å². The molecular weight excluding hydrogens is 268 g/mol. The van der Waals surface area contributed by atoms with Crippen molar-refractivity contribution in [1.29, 1.82) is 0 Å². The van der Waals surface area contributed by atoms with E-state index < -0.39 is 21.5 Å². The summed E-state index contributed by atoms with van der Waals surface area (Å²) in [5.41, 5.74) is -1.38. The Hall–Kier alpha value is -1.47. The molecule has 1 aliphatic heterocycles. The summed E-state index contributed by atoms with van der Waals surface area (Å²) in [5.74, 6) is -1.11. The van der Waals surface area contributed by atoms with Gasteiger partial charge in [-0.15, -0.1) is 0 Å². The minimum atomic E-state index is -3.82. The zero-order valence-corrected chi connectivity index (χ0v) is 11.4. The van der Waals surface area contributed by atoms with Crippen LogP contribution in [0.4, 0.5) is 0 Å². The second-order valence-electron chi connectivity index (χ2n) is 4.80. The molecule has 0 spiro atoms. The second kappa shape index (κ2) is 4.90. The second-order valence-corrected chi connectivity index (χ2v) is 6.66. The molecule has 104 valence electrons. The molecule has 2 rings (SSSR count). The van der Waals surface area contributed by atoms with Crippen LogP contribution in [0.2, 0.25) is 0 Å². The Morgan fingerprint density at radius 1 is 1.47 bits per heavy atom. The molecule has 1 saturated heterocycles. The van der Waals surface area contributed by atoms with E-state index in [9.17, 15) is 18.3 Å². The number of hydrogen-bond donors (Lipinski definition) is 1. The average molecular weight is 284 g/mol. The van der Waals surface area contributed by atoms with Gasteiger partial charge in [-0.05, 0) is 38.3 Å². The lowest BCUT2D eigenvalue weighted by Gasteiger charge is -2.40. The van der Waals surface area contributed by atoms with Crippen molar-refractivity contribution in [2.24, 2.45) is 0 Å². The van der Waals surface area contributed by atoms with Gasteiger partial charge < -0.3 is 5.11 Å². The van der Waals surface area contributed by atoms with Crippen LogP contribution in [0.25, 0.3) is 0 Å². The van der Waals surface area contributed by atoms with Gasteiger partial charge in [0.25, 0.3) is 0 Å². The lowest BCUT2D eigenvalue weighted by molar-refractivity contribution is -0.149. The zero-order valence-electron chi connectivity index (χ0n) is 10.6. The van der Waals surface area contributed by atoms with Crippen LogP contribution in [-0.2, 0) is 14.8 Å². The molecule has 0 bridgehead atoms. The van der Waals surface area contributed by atoms with Crippen LogP contribution in [0, 0.1) is 0 Å². The van der Waals surface area contributed by atoms with E-state index in [4.69, 9.17) is 0 Å². The molecule has 0 amide bonds. The minimum Gasteiger partial charge on any atom is -0.480 e. The van der Waals surface area contributed by atoms with E-state index in [-0.39, 0.29) is 11.4 Å². The van der Waals surface area contributed by atoms with Crippen LogP contribution in [0.3, 0.4) is 0 Å². The number of piperidine rings is 1. The molecule has 2 heterocycles. The summed E-state index contributed by atoms with van der Waals surface area (Å²) < 4.78 is 26.1. The zero-order chi connectivity index (χ0) is 14.1. The Kier molecular flexibility index (Phi) is 3.60. The van der Waals surface area contributed by atoms with Gasteiger partial charge in [0.15, 0.2) is 0 Å². The van der Waals surface area contributed by atoms with Gasteiger partial charge in [0.2, 0.25) is 10.0 Å². The number of carboxylic acid groups (broad SMARTS) is 1. The number of carbonyl (C=O) groups is 1. The van der Waals surface area contributed by atoms with Gasteiger partial charge in [-0.1, -0.05) is 0 Å². The number of aromatic nitrogens is 1. The number of sulfonamides is 1. The van der Waals surface area contributed by atoms with Gasteiger partial charge in [0.05, 0.1) is 0 Å². The van der Waals surface area contributed by atoms with Crippen molar-refractivity contribution in [1.82, 2.24) is 9.29 Å². The molecule has 19 heavy (non-hydrogen) atoms. The fraction of sp³-hybridized carbons (Fsp3) is 0.500. The third-order valence-electron chi connectivity index (χ3n) is 3.51. The highest BCUT2D eigenvalue weighted by atomic mass is 32.2. The quantitative estimate of drug-likeness (QED) is 0.898. The highest BCUT2D eigenvalue weighted by Gasteiger charge is 2.47. The fourth-order valence-electron chi connectivity index (χ4n) is 2.32. The van der Waals surface area contributed by atoms with Crippen LogP contribution in [0.1, 0.15) is 26.2 Å². The Balaban J connectivity index is 2.47. The fourth-order valence-corrected chi connectivity index (χ4v) is 4.09. The lowest BCUT2D eigenvalue weighted by atomic mass is 9.91. The standard InChI is InChI=1S/C12H16N2O4S/c1-12(11(15)16)6-2-3-8-14(12)19(17,18)10-5-4-7-13-9-10/h4-5,7,9H,2-3,6,8H2,1H3,(H,15,16). The van der Waals surface area contributed by atoms with E-state index in [0.29, 0.717) is 19.3 Å². The average Bonchev–Trinajstić information content (AvgIpc) is 2.40. The molecule has 6 nitrogen and oxygen atoms in total. The Bertz CT molecular complexity index is 573. The molecule has 1 fully saturated rings. The van der Waals surface area contributed by atoms with Crippen LogP contribution in [0.15, 0.2) is 29.4 Å². The predicted molar refractivity (Wildman–Crippen MR) is 68.0 cm³/mol. The number of carboxylic acids is 1. The summed E-state index contributed by atoms with van der Waals surface area (Å²) in [6.07, 6.45) is 4.42. The first kappa shape index (κ1) is 14.0. The minimum absolute atomic E-state index is 0.0318. The molecule has 1 N–H and O–H groups in total. The van der Waals surface area contributed by atoms with Gasteiger partial charge in [0.1, 0.15) is 10.4 Å². The third-order valence-corrected chi connectivity index (χ3v) is 5.51. The van der Waals surface area contributed by atoms with Crippen molar-refractivity contribution in [3.8, 4) is 0 Å². The molecule has 1 atom stereocenters. The molecule has 0 aromatic carbocycles. The van der Waals surface area contributed by atoms with Crippen molar-refractivity contribution in [2.45, 2.75) is 36.6 Å². The normalized spacial score (nSPS) is 25.1. The van der Waals surface area contributed by atoms with Gasteiger partial charge in [-0.25, -0.2) is 8.42 Å². The number of nitrogens with zero attached hydrogens (tertiary/aromatic N) is 2. The van der Waals surface area contributed by atoms with E-state index in [1.807, 2.05) is 0 Å². The summed E-state index contributed by atoms with van der Waals surface area (Å²) in [4.78, 5) is 15.3. The smallest absolute Gasteiger partial charge is 0.324 e. The largest absolute Gasteiger partial charge is 0.480 e. The molecule has 1 aliphatic rings. The topological polar surface area (TPSA) is 87.6 Å². The van der Waals surface area contributed by atoms with Crippen molar-refractivity contribution < 1.29 is 18.3 Å². The van der Waals surface area contributed by atoms with Gasteiger partial charge >= 0.3 is 5.97 Å². The molecule has 0 aliphatic carbocycles. The van der Waals surface area contributed by atoms with Gasteiger partial charge in [-0.3, -0.25) is 9.78 Å². The summed E-state index contributed by atoms with van der Waals surface area (Å²) in [7, 11) is -3.82. The number of pyridine rings is 1. The SMILES string of the molecule is CC1(C(=O)O)CCCCN1S(=O)(=O)c1cccnc1.